The molecule has 2 aromatic carbocycles. The third-order valence-electron chi connectivity index (χ3n) is 3.14. The van der Waals surface area contributed by atoms with E-state index < -0.39 is 10.0 Å². The smallest absolute Gasteiger partial charge is 0.238 e. The fourth-order valence-corrected chi connectivity index (χ4v) is 3.43. The summed E-state index contributed by atoms with van der Waals surface area (Å²) in [4.78, 5) is 13.4. The van der Waals surface area contributed by atoms with Crippen LogP contribution in [0.1, 0.15) is 13.3 Å². The van der Waals surface area contributed by atoms with Crippen LogP contribution in [0.5, 0.6) is 0 Å². The van der Waals surface area contributed by atoms with Crippen LogP contribution in [0.15, 0.2) is 64.4 Å². The van der Waals surface area contributed by atoms with Crippen molar-refractivity contribution >= 4 is 33.4 Å². The lowest BCUT2D eigenvalue weighted by molar-refractivity contribution is -0.115. The van der Waals surface area contributed by atoms with E-state index in [1.165, 1.54) is 36.0 Å². The largest absolute Gasteiger partial charge is 0.325 e. The SMILES string of the molecule is CCC(Sc1ccccc1)C(=O)Nc1ccc(S(N)(=O)=O)cc1. The summed E-state index contributed by atoms with van der Waals surface area (Å²) < 4.78 is 22.4. The van der Waals surface area contributed by atoms with E-state index >= 15 is 0 Å². The van der Waals surface area contributed by atoms with E-state index in [0.29, 0.717) is 12.1 Å². The quantitative estimate of drug-likeness (QED) is 0.784. The van der Waals surface area contributed by atoms with Crippen molar-refractivity contribution in [2.24, 2.45) is 5.14 Å². The number of thioether (sulfide) groups is 1. The standard InChI is InChI=1S/C16H18N2O3S2/c1-2-15(22-13-6-4-3-5-7-13)16(19)18-12-8-10-14(11-9-12)23(17,20)21/h3-11,15H,2H2,1H3,(H,18,19)(H2,17,20,21). The molecule has 1 amide bonds. The summed E-state index contributed by atoms with van der Waals surface area (Å²) in [6.07, 6.45) is 0.681. The molecule has 0 spiro atoms. The van der Waals surface area contributed by atoms with Gasteiger partial charge in [0.1, 0.15) is 0 Å². The predicted octanol–water partition coefficient (Wildman–Crippen LogP) is 2.84. The number of hydrogen-bond donors (Lipinski definition) is 2. The lowest BCUT2D eigenvalue weighted by Gasteiger charge is -2.15. The molecule has 0 saturated carbocycles. The maximum atomic E-state index is 12.4. The molecule has 0 aliphatic rings. The minimum Gasteiger partial charge on any atom is -0.325 e. The van der Waals surface area contributed by atoms with Crippen LogP contribution in [0.2, 0.25) is 0 Å². The van der Waals surface area contributed by atoms with Crippen molar-refractivity contribution in [3.8, 4) is 0 Å². The first kappa shape index (κ1) is 17.5. The zero-order valence-corrected chi connectivity index (χ0v) is 14.2. The van der Waals surface area contributed by atoms with Crippen molar-refractivity contribution in [2.75, 3.05) is 5.32 Å². The molecule has 2 aromatic rings. The lowest BCUT2D eigenvalue weighted by atomic mass is 10.3. The van der Waals surface area contributed by atoms with Crippen molar-refractivity contribution in [1.29, 1.82) is 0 Å². The Balaban J connectivity index is 2.04. The zero-order valence-electron chi connectivity index (χ0n) is 12.6. The number of benzene rings is 2. The van der Waals surface area contributed by atoms with Gasteiger partial charge in [-0.25, -0.2) is 13.6 Å². The van der Waals surface area contributed by atoms with Crippen molar-refractivity contribution in [2.45, 2.75) is 28.4 Å². The molecule has 2 rings (SSSR count). The molecule has 5 nitrogen and oxygen atoms in total. The van der Waals surface area contributed by atoms with E-state index in [9.17, 15) is 13.2 Å². The van der Waals surface area contributed by atoms with Crippen LogP contribution in [0.3, 0.4) is 0 Å². The van der Waals surface area contributed by atoms with Crippen molar-refractivity contribution in [3.63, 3.8) is 0 Å². The number of primary sulfonamides is 1. The highest BCUT2D eigenvalue weighted by molar-refractivity contribution is 8.00. The molecular formula is C16H18N2O3S2. The molecule has 122 valence electrons. The van der Waals surface area contributed by atoms with Crippen LogP contribution in [0, 0.1) is 0 Å². The molecule has 0 saturated heterocycles. The number of carbonyl (C=O) groups excluding carboxylic acids is 1. The Morgan fingerprint density at radius 2 is 1.74 bits per heavy atom. The molecule has 3 N–H and O–H groups in total. The fraction of sp³-hybridized carbons (Fsp3) is 0.188. The Bertz CT molecular complexity index is 760. The van der Waals surface area contributed by atoms with Crippen LogP contribution in [-0.4, -0.2) is 19.6 Å². The molecule has 0 bridgehead atoms. The summed E-state index contributed by atoms with van der Waals surface area (Å²) in [5, 5.41) is 7.62. The van der Waals surface area contributed by atoms with Gasteiger partial charge in [-0.3, -0.25) is 4.79 Å². The van der Waals surface area contributed by atoms with Crippen molar-refractivity contribution in [3.05, 3.63) is 54.6 Å². The number of amides is 1. The summed E-state index contributed by atoms with van der Waals surface area (Å²) in [5.41, 5.74) is 0.537. The number of rotatable bonds is 6. The van der Waals surface area contributed by atoms with Gasteiger partial charge in [0, 0.05) is 10.6 Å². The first-order valence-electron chi connectivity index (χ1n) is 7.05. The highest BCUT2D eigenvalue weighted by Crippen LogP contribution is 2.26. The van der Waals surface area contributed by atoms with E-state index in [4.69, 9.17) is 5.14 Å². The minimum absolute atomic E-state index is 0.0150. The first-order valence-corrected chi connectivity index (χ1v) is 9.48. The Morgan fingerprint density at radius 3 is 2.26 bits per heavy atom. The van der Waals surface area contributed by atoms with Gasteiger partial charge in [-0.05, 0) is 42.8 Å². The van der Waals surface area contributed by atoms with Gasteiger partial charge in [0.15, 0.2) is 0 Å². The van der Waals surface area contributed by atoms with Crippen LogP contribution >= 0.6 is 11.8 Å². The van der Waals surface area contributed by atoms with Gasteiger partial charge in [-0.15, -0.1) is 11.8 Å². The normalized spacial score (nSPS) is 12.6. The average Bonchev–Trinajstić information content (AvgIpc) is 2.53. The second kappa shape index (κ2) is 7.63. The van der Waals surface area contributed by atoms with E-state index in [1.807, 2.05) is 37.3 Å². The van der Waals surface area contributed by atoms with Gasteiger partial charge in [0.05, 0.1) is 10.1 Å². The third-order valence-corrected chi connectivity index (χ3v) is 5.44. The summed E-state index contributed by atoms with van der Waals surface area (Å²) in [6, 6.07) is 15.5. The maximum absolute atomic E-state index is 12.4. The molecule has 0 aliphatic heterocycles. The molecule has 0 aromatic heterocycles. The Hall–Kier alpha value is -1.83. The average molecular weight is 350 g/mol. The first-order chi connectivity index (χ1) is 10.9. The van der Waals surface area contributed by atoms with E-state index in [0.717, 1.165) is 4.90 Å². The Labute approximate surface area is 140 Å². The predicted molar refractivity (Wildman–Crippen MR) is 92.8 cm³/mol. The molecule has 0 fully saturated rings. The Morgan fingerprint density at radius 1 is 1.13 bits per heavy atom. The molecule has 23 heavy (non-hydrogen) atoms. The van der Waals surface area contributed by atoms with Crippen LogP contribution in [-0.2, 0) is 14.8 Å². The second-order valence-corrected chi connectivity index (χ2v) is 7.72. The summed E-state index contributed by atoms with van der Waals surface area (Å²) in [6.45, 7) is 1.95. The summed E-state index contributed by atoms with van der Waals surface area (Å²) in [7, 11) is -3.73. The Kier molecular flexibility index (Phi) is 5.81. The highest BCUT2D eigenvalue weighted by Gasteiger charge is 2.18. The summed E-state index contributed by atoms with van der Waals surface area (Å²) in [5.74, 6) is -0.121. The van der Waals surface area contributed by atoms with Crippen LogP contribution < -0.4 is 10.5 Å². The van der Waals surface area contributed by atoms with Crippen molar-refractivity contribution in [1.82, 2.24) is 0 Å². The van der Waals surface area contributed by atoms with Gasteiger partial charge in [-0.2, -0.15) is 0 Å². The minimum atomic E-state index is -3.73. The zero-order chi connectivity index (χ0) is 16.9. The van der Waals surface area contributed by atoms with Gasteiger partial charge in [-0.1, -0.05) is 25.1 Å². The van der Waals surface area contributed by atoms with Crippen molar-refractivity contribution < 1.29 is 13.2 Å². The number of sulfonamides is 1. The molecule has 0 radical (unpaired) electrons. The third kappa shape index (κ3) is 5.09. The molecular weight excluding hydrogens is 332 g/mol. The number of nitrogens with one attached hydrogen (secondary N) is 1. The van der Waals surface area contributed by atoms with E-state index in [-0.39, 0.29) is 16.1 Å². The van der Waals surface area contributed by atoms with E-state index in [1.54, 1.807) is 0 Å². The summed E-state index contributed by atoms with van der Waals surface area (Å²) >= 11 is 1.50. The van der Waals surface area contributed by atoms with Crippen LogP contribution in [0.4, 0.5) is 5.69 Å². The molecule has 1 unspecified atom stereocenters. The monoisotopic (exact) mass is 350 g/mol. The number of nitrogens with two attached hydrogens (primary N) is 1. The van der Waals surface area contributed by atoms with Crippen LogP contribution in [0.25, 0.3) is 0 Å². The lowest BCUT2D eigenvalue weighted by Crippen LogP contribution is -2.24. The van der Waals surface area contributed by atoms with Gasteiger partial charge >= 0.3 is 0 Å². The van der Waals surface area contributed by atoms with Gasteiger partial charge in [0.2, 0.25) is 15.9 Å². The second-order valence-electron chi connectivity index (χ2n) is 4.89. The molecule has 0 heterocycles. The number of anilines is 1. The molecule has 0 aliphatic carbocycles. The van der Waals surface area contributed by atoms with E-state index in [2.05, 4.69) is 5.32 Å². The number of hydrogen-bond acceptors (Lipinski definition) is 4. The van der Waals surface area contributed by atoms with Gasteiger partial charge < -0.3 is 5.32 Å². The topological polar surface area (TPSA) is 89.3 Å². The highest BCUT2D eigenvalue weighted by atomic mass is 32.2. The fourth-order valence-electron chi connectivity index (χ4n) is 1.94. The van der Waals surface area contributed by atoms with Gasteiger partial charge in [0.25, 0.3) is 0 Å². The molecule has 7 heteroatoms. The maximum Gasteiger partial charge on any atom is 0.238 e. The number of carbonyl (C=O) groups is 1. The molecule has 1 atom stereocenters.